The van der Waals surface area contributed by atoms with Crippen LogP contribution in [0.1, 0.15) is 42.1 Å². The fraction of sp³-hybridized carbons (Fsp3) is 0.462. The Morgan fingerprint density at radius 3 is 2.73 bits per heavy atom. The number of hydrogen-bond donors (Lipinski definition) is 0. The van der Waals surface area contributed by atoms with Crippen LogP contribution in [0.4, 0.5) is 0 Å². The summed E-state index contributed by atoms with van der Waals surface area (Å²) >= 11 is 0. The molecule has 0 aliphatic heterocycles. The molecule has 0 atom stereocenters. The summed E-state index contributed by atoms with van der Waals surface area (Å²) in [6, 6.07) is 4.32. The Kier molecular flexibility index (Phi) is 1.84. The summed E-state index contributed by atoms with van der Waals surface area (Å²) in [5, 5.41) is 0. The van der Waals surface area contributed by atoms with Crippen molar-refractivity contribution in [2.24, 2.45) is 0 Å². The maximum Gasteiger partial charge on any atom is 0.137 e. The van der Waals surface area contributed by atoms with Crippen molar-refractivity contribution in [2.75, 3.05) is 0 Å². The van der Waals surface area contributed by atoms with E-state index in [1.165, 1.54) is 36.2 Å². The van der Waals surface area contributed by atoms with Gasteiger partial charge in [-0.15, -0.1) is 0 Å². The van der Waals surface area contributed by atoms with Crippen LogP contribution in [-0.4, -0.2) is 9.38 Å². The van der Waals surface area contributed by atoms with E-state index in [0.717, 1.165) is 11.6 Å². The zero-order chi connectivity index (χ0) is 10.4. The predicted octanol–water partition coefficient (Wildman–Crippen LogP) is 3.22. The molecule has 1 aliphatic rings. The number of rotatable bonds is 1. The standard InChI is InChI=1S/C13H16N2/c1-9-6-7-12-14-8-10(2)15(12)13(9)11-4-3-5-11/h6-8,11H,3-5H2,1-2H3. The summed E-state index contributed by atoms with van der Waals surface area (Å²) in [6.45, 7) is 4.36. The highest BCUT2D eigenvalue weighted by Crippen LogP contribution is 2.38. The van der Waals surface area contributed by atoms with Gasteiger partial charge < -0.3 is 4.40 Å². The molecule has 0 spiro atoms. The van der Waals surface area contributed by atoms with Crippen LogP contribution in [0, 0.1) is 13.8 Å². The smallest absolute Gasteiger partial charge is 0.137 e. The minimum Gasteiger partial charge on any atom is -0.301 e. The predicted molar refractivity (Wildman–Crippen MR) is 61.3 cm³/mol. The Labute approximate surface area is 90.0 Å². The molecule has 0 N–H and O–H groups in total. The molecule has 78 valence electrons. The second-order valence-corrected chi connectivity index (χ2v) is 4.62. The molecule has 2 aromatic heterocycles. The molecule has 0 bridgehead atoms. The minimum absolute atomic E-state index is 0.765. The number of pyridine rings is 1. The van der Waals surface area contributed by atoms with Gasteiger partial charge in [-0.2, -0.15) is 0 Å². The van der Waals surface area contributed by atoms with Crippen molar-refractivity contribution in [3.63, 3.8) is 0 Å². The average Bonchev–Trinajstić information content (AvgIpc) is 2.50. The molecule has 1 fully saturated rings. The fourth-order valence-electron chi connectivity index (χ4n) is 2.53. The number of hydrogen-bond acceptors (Lipinski definition) is 1. The molecule has 0 unspecified atom stereocenters. The van der Waals surface area contributed by atoms with Crippen molar-refractivity contribution >= 4 is 5.65 Å². The van der Waals surface area contributed by atoms with Crippen LogP contribution in [0.2, 0.25) is 0 Å². The third kappa shape index (κ3) is 1.21. The molecular formula is C13H16N2. The second kappa shape index (κ2) is 3.09. The van der Waals surface area contributed by atoms with Gasteiger partial charge in [0, 0.05) is 17.6 Å². The van der Waals surface area contributed by atoms with Gasteiger partial charge in [0.1, 0.15) is 5.65 Å². The second-order valence-electron chi connectivity index (χ2n) is 4.62. The molecule has 0 radical (unpaired) electrons. The lowest BCUT2D eigenvalue weighted by Gasteiger charge is -2.28. The van der Waals surface area contributed by atoms with E-state index in [-0.39, 0.29) is 0 Å². The van der Waals surface area contributed by atoms with E-state index in [2.05, 4.69) is 35.4 Å². The van der Waals surface area contributed by atoms with E-state index in [1.54, 1.807) is 0 Å². The highest BCUT2D eigenvalue weighted by atomic mass is 15.0. The molecule has 2 heterocycles. The molecule has 2 heteroatoms. The number of nitrogens with zero attached hydrogens (tertiary/aromatic N) is 2. The lowest BCUT2D eigenvalue weighted by atomic mass is 9.81. The van der Waals surface area contributed by atoms with E-state index < -0.39 is 0 Å². The molecule has 2 aromatic rings. The summed E-state index contributed by atoms with van der Waals surface area (Å²) in [4.78, 5) is 4.42. The van der Waals surface area contributed by atoms with E-state index in [0.29, 0.717) is 0 Å². The Morgan fingerprint density at radius 1 is 1.27 bits per heavy atom. The highest BCUT2D eigenvalue weighted by molar-refractivity contribution is 5.46. The van der Waals surface area contributed by atoms with E-state index in [1.807, 2.05) is 6.20 Å². The Hall–Kier alpha value is -1.31. The largest absolute Gasteiger partial charge is 0.301 e. The molecule has 0 amide bonds. The van der Waals surface area contributed by atoms with Crippen LogP contribution in [0.3, 0.4) is 0 Å². The number of imidazole rings is 1. The molecular weight excluding hydrogens is 184 g/mol. The normalized spacial score (nSPS) is 16.9. The van der Waals surface area contributed by atoms with Crippen LogP contribution in [0.25, 0.3) is 5.65 Å². The quantitative estimate of drug-likeness (QED) is 0.691. The van der Waals surface area contributed by atoms with Crippen molar-refractivity contribution in [3.8, 4) is 0 Å². The van der Waals surface area contributed by atoms with Crippen molar-refractivity contribution in [2.45, 2.75) is 39.0 Å². The third-order valence-electron chi connectivity index (χ3n) is 3.58. The maximum absolute atomic E-state index is 4.42. The Bertz CT molecular complexity index is 506. The highest BCUT2D eigenvalue weighted by Gasteiger charge is 2.24. The monoisotopic (exact) mass is 200 g/mol. The zero-order valence-electron chi connectivity index (χ0n) is 9.33. The summed E-state index contributed by atoms with van der Waals surface area (Å²) in [5.74, 6) is 0.765. The van der Waals surface area contributed by atoms with Crippen molar-refractivity contribution in [1.29, 1.82) is 0 Å². The summed E-state index contributed by atoms with van der Waals surface area (Å²) in [7, 11) is 0. The van der Waals surface area contributed by atoms with Gasteiger partial charge >= 0.3 is 0 Å². The molecule has 3 rings (SSSR count). The summed E-state index contributed by atoms with van der Waals surface area (Å²) in [5.41, 5.74) is 5.26. The first-order valence-electron chi connectivity index (χ1n) is 5.71. The molecule has 15 heavy (non-hydrogen) atoms. The molecule has 0 saturated heterocycles. The number of aromatic nitrogens is 2. The van der Waals surface area contributed by atoms with Crippen LogP contribution >= 0.6 is 0 Å². The van der Waals surface area contributed by atoms with Gasteiger partial charge in [-0.3, -0.25) is 0 Å². The first kappa shape index (κ1) is 8.96. The van der Waals surface area contributed by atoms with Gasteiger partial charge in [0.2, 0.25) is 0 Å². The lowest BCUT2D eigenvalue weighted by molar-refractivity contribution is 0.406. The topological polar surface area (TPSA) is 17.3 Å². The first-order valence-corrected chi connectivity index (χ1v) is 5.71. The number of aryl methyl sites for hydroxylation is 2. The number of fused-ring (bicyclic) bond motifs is 1. The molecule has 1 saturated carbocycles. The van der Waals surface area contributed by atoms with Gasteiger partial charge in [0.05, 0.1) is 0 Å². The first-order chi connectivity index (χ1) is 7.27. The third-order valence-corrected chi connectivity index (χ3v) is 3.58. The van der Waals surface area contributed by atoms with E-state index in [9.17, 15) is 0 Å². The van der Waals surface area contributed by atoms with Crippen molar-refractivity contribution < 1.29 is 0 Å². The molecule has 0 aromatic carbocycles. The van der Waals surface area contributed by atoms with E-state index >= 15 is 0 Å². The SMILES string of the molecule is Cc1ccc2ncc(C)n2c1C1CCC1. The minimum atomic E-state index is 0.765. The van der Waals surface area contributed by atoms with Gasteiger partial charge in [0.25, 0.3) is 0 Å². The van der Waals surface area contributed by atoms with Gasteiger partial charge in [0.15, 0.2) is 0 Å². The van der Waals surface area contributed by atoms with Gasteiger partial charge in [-0.1, -0.05) is 12.5 Å². The van der Waals surface area contributed by atoms with Gasteiger partial charge in [-0.25, -0.2) is 4.98 Å². The summed E-state index contributed by atoms with van der Waals surface area (Å²) < 4.78 is 2.33. The van der Waals surface area contributed by atoms with Crippen molar-refractivity contribution in [1.82, 2.24) is 9.38 Å². The molecule has 1 aliphatic carbocycles. The Balaban J connectivity index is 2.31. The molecule has 2 nitrogen and oxygen atoms in total. The summed E-state index contributed by atoms with van der Waals surface area (Å²) in [6.07, 6.45) is 6.04. The average molecular weight is 200 g/mol. The van der Waals surface area contributed by atoms with Gasteiger partial charge in [-0.05, 0) is 44.2 Å². The van der Waals surface area contributed by atoms with Crippen LogP contribution in [0.15, 0.2) is 18.3 Å². The maximum atomic E-state index is 4.42. The van der Waals surface area contributed by atoms with Crippen molar-refractivity contribution in [3.05, 3.63) is 35.3 Å². The Morgan fingerprint density at radius 2 is 2.07 bits per heavy atom. The van der Waals surface area contributed by atoms with Crippen LogP contribution in [0.5, 0.6) is 0 Å². The van der Waals surface area contributed by atoms with E-state index in [4.69, 9.17) is 0 Å². The van der Waals surface area contributed by atoms with Crippen LogP contribution in [-0.2, 0) is 0 Å². The zero-order valence-corrected chi connectivity index (χ0v) is 9.33. The van der Waals surface area contributed by atoms with Crippen LogP contribution < -0.4 is 0 Å². The fourth-order valence-corrected chi connectivity index (χ4v) is 2.53. The lowest BCUT2D eigenvalue weighted by Crippen LogP contribution is -2.15.